The molecular weight excluding hydrogens is 823 g/mol. The number of likely N-dealkylation sites (tertiary alicyclic amines) is 3. The minimum atomic E-state index is -1.10. The molecule has 5 aliphatic rings. The molecule has 1 atom stereocenters. The fourth-order valence-corrected chi connectivity index (χ4v) is 10.4. The summed E-state index contributed by atoms with van der Waals surface area (Å²) in [6.07, 6.45) is 3.96. The number of carbonyl (C=O) groups is 5. The van der Waals surface area contributed by atoms with Gasteiger partial charge in [0.1, 0.15) is 6.61 Å². The summed E-state index contributed by atoms with van der Waals surface area (Å²) in [5.41, 5.74) is 4.54. The van der Waals surface area contributed by atoms with Crippen LogP contribution in [-0.4, -0.2) is 156 Å². The monoisotopic (exact) mass is 885 g/mol. The number of amides is 5. The number of piperidine rings is 3. The van der Waals surface area contributed by atoms with E-state index in [0.717, 1.165) is 62.0 Å². The molecule has 1 aromatic heterocycles. The van der Waals surface area contributed by atoms with Gasteiger partial charge in [-0.1, -0.05) is 24.3 Å². The molecule has 0 saturated carbocycles. The van der Waals surface area contributed by atoms with Crippen LogP contribution in [0.4, 0.5) is 15.3 Å². The number of ether oxygens (including phenoxy) is 3. The van der Waals surface area contributed by atoms with Gasteiger partial charge >= 0.3 is 23.8 Å². The van der Waals surface area contributed by atoms with Gasteiger partial charge < -0.3 is 43.5 Å². The van der Waals surface area contributed by atoms with Crippen LogP contribution in [0.15, 0.2) is 45.6 Å². The van der Waals surface area contributed by atoms with Gasteiger partial charge in [-0.15, -0.1) is 0 Å². The van der Waals surface area contributed by atoms with E-state index in [0.29, 0.717) is 114 Å². The van der Waals surface area contributed by atoms with E-state index in [1.54, 1.807) is 18.0 Å². The van der Waals surface area contributed by atoms with Crippen LogP contribution < -0.4 is 11.1 Å². The van der Waals surface area contributed by atoms with Crippen molar-refractivity contribution in [3.8, 4) is 0 Å². The Hall–Kier alpha value is -5.42. The zero-order chi connectivity index (χ0) is 44.7. The van der Waals surface area contributed by atoms with Crippen LogP contribution in [-0.2, 0) is 48.5 Å². The van der Waals surface area contributed by atoms with Crippen LogP contribution in [0, 0.1) is 18.8 Å². The molecule has 64 heavy (non-hydrogen) atoms. The smallest absolute Gasteiger partial charge is 0.419 e. The van der Waals surface area contributed by atoms with Gasteiger partial charge in [0.05, 0.1) is 25.2 Å². The first-order chi connectivity index (χ1) is 31.0. The molecule has 0 bridgehead atoms. The number of nitrogens with one attached hydrogen (secondary N) is 1. The van der Waals surface area contributed by atoms with E-state index in [-0.39, 0.29) is 49.1 Å². The Morgan fingerprint density at radius 3 is 2.20 bits per heavy atom. The van der Waals surface area contributed by atoms with E-state index < -0.39 is 18.0 Å². The largest absolute Gasteiger partial charge is 0.464 e. The molecule has 4 fully saturated rings. The fourth-order valence-electron chi connectivity index (χ4n) is 10.4. The van der Waals surface area contributed by atoms with Gasteiger partial charge in [-0.25, -0.2) is 14.4 Å². The molecule has 17 nitrogen and oxygen atoms in total. The maximum atomic E-state index is 14.4. The van der Waals surface area contributed by atoms with Gasteiger partial charge in [-0.3, -0.25) is 23.9 Å². The quantitative estimate of drug-likeness (QED) is 0.259. The van der Waals surface area contributed by atoms with E-state index in [1.165, 1.54) is 4.57 Å². The molecule has 0 radical (unpaired) electrons. The van der Waals surface area contributed by atoms with Crippen molar-refractivity contribution in [3.63, 3.8) is 0 Å². The Labute approximate surface area is 373 Å². The standard InChI is InChI=1S/C47H63N7O10/c1-32-29-33(30-39-43(32)49(2)46(59)63-39)31-40(64-47(60)53-20-14-37(15-21-53)54-22-13-36-5-3-4-6-38(36)48-45(54)58)44(57)52-18-11-35(12-19-52)34-9-16-51(17-10-34)41(55)7-8-42(56)62-28-25-50-23-26-61-27-24-50/h3-6,29-30,34-35,37,40H,7-28,31H2,1-2H3,(H,48,58)/t40-/m1/s1. The normalized spacial score (nSPS) is 20.1. The minimum absolute atomic E-state index is 0.0196. The van der Waals surface area contributed by atoms with Crippen LogP contribution in [0.5, 0.6) is 0 Å². The molecule has 346 valence electrons. The van der Waals surface area contributed by atoms with Crippen molar-refractivity contribution >= 4 is 46.7 Å². The third-order valence-corrected chi connectivity index (χ3v) is 14.1. The number of hydrogen-bond acceptors (Lipinski definition) is 11. The van der Waals surface area contributed by atoms with Crippen molar-refractivity contribution in [2.24, 2.45) is 18.9 Å². The predicted molar refractivity (Wildman–Crippen MR) is 237 cm³/mol. The lowest BCUT2D eigenvalue weighted by Crippen LogP contribution is -2.52. The van der Waals surface area contributed by atoms with Crippen LogP contribution in [0.25, 0.3) is 11.1 Å². The van der Waals surface area contributed by atoms with E-state index in [2.05, 4.69) is 10.2 Å². The lowest BCUT2D eigenvalue weighted by Gasteiger charge is -2.41. The number of fused-ring (bicyclic) bond motifs is 2. The second-order valence-electron chi connectivity index (χ2n) is 18.1. The summed E-state index contributed by atoms with van der Waals surface area (Å²) in [6, 6.07) is 11.3. The van der Waals surface area contributed by atoms with Crippen LogP contribution in [0.1, 0.15) is 68.1 Å². The zero-order valence-electron chi connectivity index (χ0n) is 37.3. The molecule has 6 heterocycles. The number of aromatic nitrogens is 1. The minimum Gasteiger partial charge on any atom is -0.464 e. The topological polar surface area (TPSA) is 176 Å². The van der Waals surface area contributed by atoms with E-state index in [4.69, 9.17) is 18.6 Å². The molecule has 1 N–H and O–H groups in total. The first-order valence-electron chi connectivity index (χ1n) is 23.2. The number of benzene rings is 2. The number of nitrogens with zero attached hydrogens (tertiary/aromatic N) is 6. The third-order valence-electron chi connectivity index (χ3n) is 14.1. The van der Waals surface area contributed by atoms with Crippen LogP contribution in [0.3, 0.4) is 0 Å². The molecular formula is C47H63N7O10. The van der Waals surface area contributed by atoms with E-state index in [9.17, 15) is 28.8 Å². The Morgan fingerprint density at radius 2 is 1.48 bits per heavy atom. The van der Waals surface area contributed by atoms with Crippen molar-refractivity contribution in [1.82, 2.24) is 29.1 Å². The van der Waals surface area contributed by atoms with E-state index in [1.807, 2.05) is 52.0 Å². The van der Waals surface area contributed by atoms with Gasteiger partial charge in [-0.05, 0) is 92.5 Å². The summed E-state index contributed by atoms with van der Waals surface area (Å²) in [4.78, 5) is 88.6. The molecule has 17 heteroatoms. The maximum Gasteiger partial charge on any atom is 0.419 e. The van der Waals surface area contributed by atoms with Crippen LogP contribution in [0.2, 0.25) is 0 Å². The molecule has 3 aromatic rings. The van der Waals surface area contributed by atoms with Gasteiger partial charge in [0.15, 0.2) is 11.7 Å². The summed E-state index contributed by atoms with van der Waals surface area (Å²) in [5, 5.41) is 3.05. The van der Waals surface area contributed by atoms with Crippen molar-refractivity contribution in [2.45, 2.75) is 83.3 Å². The fraction of sp³-hybridized carbons (Fsp3) is 0.617. The van der Waals surface area contributed by atoms with E-state index >= 15 is 0 Å². The van der Waals surface area contributed by atoms with Gasteiger partial charge in [0.2, 0.25) is 5.91 Å². The number of oxazole rings is 1. The number of urea groups is 1. The first kappa shape index (κ1) is 45.2. The van der Waals surface area contributed by atoms with Crippen molar-refractivity contribution in [2.75, 3.05) is 90.6 Å². The molecule has 0 unspecified atom stereocenters. The Balaban J connectivity index is 0.831. The Bertz CT molecular complexity index is 2210. The average Bonchev–Trinajstić information content (AvgIpc) is 3.49. The first-order valence-corrected chi connectivity index (χ1v) is 23.2. The van der Waals surface area contributed by atoms with Gasteiger partial charge in [-0.2, -0.15) is 0 Å². The highest BCUT2D eigenvalue weighted by atomic mass is 16.6. The highest BCUT2D eigenvalue weighted by Crippen LogP contribution is 2.34. The molecule has 5 amide bonds. The molecule has 4 saturated heterocycles. The number of para-hydroxylation sites is 1. The van der Waals surface area contributed by atoms with Crippen molar-refractivity contribution in [1.29, 1.82) is 0 Å². The lowest BCUT2D eigenvalue weighted by atomic mass is 9.78. The Kier molecular flexibility index (Phi) is 14.5. The van der Waals surface area contributed by atoms with Crippen LogP contribution >= 0.6 is 0 Å². The van der Waals surface area contributed by atoms with Crippen molar-refractivity contribution < 1.29 is 42.6 Å². The van der Waals surface area contributed by atoms with Gasteiger partial charge in [0, 0.05) is 97.1 Å². The number of hydrogen-bond donors (Lipinski definition) is 1. The highest BCUT2D eigenvalue weighted by molar-refractivity contribution is 5.91. The number of rotatable bonds is 12. The molecule has 8 rings (SSSR count). The number of morpholine rings is 1. The summed E-state index contributed by atoms with van der Waals surface area (Å²) in [6.45, 7) is 9.64. The number of anilines is 1. The number of carbonyl (C=O) groups excluding carboxylic acids is 5. The molecule has 0 spiro atoms. The molecule has 5 aliphatic heterocycles. The average molecular weight is 886 g/mol. The zero-order valence-corrected chi connectivity index (χ0v) is 37.3. The second-order valence-corrected chi connectivity index (χ2v) is 18.1. The number of esters is 1. The SMILES string of the molecule is Cc1cc(C[C@@H](OC(=O)N2CCC(N3CCc4ccccc4NC3=O)CC2)C(=O)N2CCC(C3CCN(C(=O)CCC(=O)OCCN4CCOCC4)CC3)CC2)cc2oc(=O)n(C)c12. The summed E-state index contributed by atoms with van der Waals surface area (Å²) in [7, 11) is 1.65. The highest BCUT2D eigenvalue weighted by Gasteiger charge is 2.37. The maximum absolute atomic E-state index is 14.4. The third kappa shape index (κ3) is 10.7. The molecule has 2 aromatic carbocycles. The Morgan fingerprint density at radius 1 is 0.812 bits per heavy atom. The summed E-state index contributed by atoms with van der Waals surface area (Å²) >= 11 is 0. The summed E-state index contributed by atoms with van der Waals surface area (Å²) < 4.78 is 23.8. The predicted octanol–water partition coefficient (Wildman–Crippen LogP) is 4.18. The number of aryl methyl sites for hydroxylation is 2. The molecule has 0 aliphatic carbocycles. The van der Waals surface area contributed by atoms with Gasteiger partial charge in [0.25, 0.3) is 5.91 Å². The lowest BCUT2D eigenvalue weighted by molar-refractivity contribution is -0.147. The second kappa shape index (κ2) is 20.6. The summed E-state index contributed by atoms with van der Waals surface area (Å²) in [5.74, 6) is -0.274. The van der Waals surface area contributed by atoms with Crippen molar-refractivity contribution in [3.05, 3.63) is 63.6 Å².